The van der Waals surface area contributed by atoms with E-state index in [4.69, 9.17) is 5.73 Å². The SMILES string of the molecule is Cc1c(N)ncnc1Nc1ccc(F)cc1I. The fourth-order valence-corrected chi connectivity index (χ4v) is 1.92. The molecule has 88 valence electrons. The van der Waals surface area contributed by atoms with E-state index in [9.17, 15) is 4.39 Å². The molecule has 2 aromatic rings. The molecule has 2 rings (SSSR count). The van der Waals surface area contributed by atoms with Gasteiger partial charge in [-0.1, -0.05) is 0 Å². The van der Waals surface area contributed by atoms with Crippen LogP contribution in [0.5, 0.6) is 0 Å². The van der Waals surface area contributed by atoms with Crippen LogP contribution in [0.2, 0.25) is 0 Å². The Bertz CT molecular complexity index is 559. The van der Waals surface area contributed by atoms with Gasteiger partial charge in [-0.15, -0.1) is 0 Å². The largest absolute Gasteiger partial charge is 0.383 e. The van der Waals surface area contributed by atoms with Gasteiger partial charge in [0.05, 0.1) is 5.69 Å². The van der Waals surface area contributed by atoms with E-state index >= 15 is 0 Å². The lowest BCUT2D eigenvalue weighted by molar-refractivity contribution is 0.627. The number of rotatable bonds is 2. The molecule has 1 heterocycles. The lowest BCUT2D eigenvalue weighted by Crippen LogP contribution is -2.03. The first-order valence-electron chi connectivity index (χ1n) is 4.87. The number of halogens is 2. The van der Waals surface area contributed by atoms with Gasteiger partial charge in [0.25, 0.3) is 0 Å². The maximum Gasteiger partial charge on any atom is 0.138 e. The standard InChI is InChI=1S/C11H10FIN4/c1-6-10(14)15-5-16-11(6)17-9-3-2-7(12)4-8(9)13/h2-5H,1H3,(H3,14,15,16,17). The van der Waals surface area contributed by atoms with Gasteiger partial charge in [-0.3, -0.25) is 0 Å². The highest BCUT2D eigenvalue weighted by Crippen LogP contribution is 2.25. The van der Waals surface area contributed by atoms with Crippen molar-refractivity contribution < 1.29 is 4.39 Å². The third-order valence-electron chi connectivity index (χ3n) is 2.31. The first-order valence-corrected chi connectivity index (χ1v) is 5.95. The molecule has 0 saturated carbocycles. The Morgan fingerprint density at radius 1 is 1.35 bits per heavy atom. The van der Waals surface area contributed by atoms with Crippen molar-refractivity contribution in [2.75, 3.05) is 11.1 Å². The van der Waals surface area contributed by atoms with Crippen LogP contribution in [0.4, 0.5) is 21.7 Å². The number of hydrogen-bond acceptors (Lipinski definition) is 4. The average Bonchev–Trinajstić information content (AvgIpc) is 2.28. The number of nitrogen functional groups attached to an aromatic ring is 1. The van der Waals surface area contributed by atoms with Crippen LogP contribution >= 0.6 is 22.6 Å². The summed E-state index contributed by atoms with van der Waals surface area (Å²) < 4.78 is 13.7. The lowest BCUT2D eigenvalue weighted by atomic mass is 10.2. The average molecular weight is 344 g/mol. The molecule has 0 spiro atoms. The summed E-state index contributed by atoms with van der Waals surface area (Å²) in [5.74, 6) is 0.792. The van der Waals surface area contributed by atoms with Gasteiger partial charge < -0.3 is 11.1 Å². The Morgan fingerprint density at radius 3 is 2.82 bits per heavy atom. The molecular weight excluding hydrogens is 334 g/mol. The van der Waals surface area contributed by atoms with E-state index in [-0.39, 0.29) is 5.82 Å². The monoisotopic (exact) mass is 344 g/mol. The Hall–Kier alpha value is -1.44. The topological polar surface area (TPSA) is 63.8 Å². The molecule has 0 aliphatic rings. The lowest BCUT2D eigenvalue weighted by Gasteiger charge is -2.10. The minimum atomic E-state index is -0.265. The molecule has 0 unspecified atom stereocenters. The van der Waals surface area contributed by atoms with E-state index < -0.39 is 0 Å². The summed E-state index contributed by atoms with van der Waals surface area (Å²) in [4.78, 5) is 7.98. The number of benzene rings is 1. The van der Waals surface area contributed by atoms with Crippen molar-refractivity contribution in [1.29, 1.82) is 0 Å². The minimum Gasteiger partial charge on any atom is -0.383 e. The van der Waals surface area contributed by atoms with Gasteiger partial charge in [-0.05, 0) is 47.7 Å². The summed E-state index contributed by atoms with van der Waals surface area (Å²) in [6, 6.07) is 4.50. The molecule has 0 fully saturated rings. The zero-order valence-electron chi connectivity index (χ0n) is 9.04. The molecule has 0 aliphatic heterocycles. The third kappa shape index (κ3) is 2.63. The quantitative estimate of drug-likeness (QED) is 0.823. The van der Waals surface area contributed by atoms with Crippen LogP contribution in [-0.2, 0) is 0 Å². The van der Waals surface area contributed by atoms with E-state index in [0.29, 0.717) is 11.6 Å². The van der Waals surface area contributed by atoms with Crippen molar-refractivity contribution in [3.8, 4) is 0 Å². The van der Waals surface area contributed by atoms with Crippen LogP contribution in [0.3, 0.4) is 0 Å². The van der Waals surface area contributed by atoms with E-state index in [1.807, 2.05) is 6.92 Å². The molecule has 0 aliphatic carbocycles. The van der Waals surface area contributed by atoms with Crippen molar-refractivity contribution in [2.45, 2.75) is 6.92 Å². The second kappa shape index (κ2) is 4.82. The van der Waals surface area contributed by atoms with Crippen LogP contribution in [0, 0.1) is 16.3 Å². The minimum absolute atomic E-state index is 0.265. The van der Waals surface area contributed by atoms with Gasteiger partial charge in [0, 0.05) is 9.13 Å². The van der Waals surface area contributed by atoms with Crippen molar-refractivity contribution in [1.82, 2.24) is 9.97 Å². The number of nitrogens with two attached hydrogens (primary N) is 1. The fourth-order valence-electron chi connectivity index (χ4n) is 1.31. The highest BCUT2D eigenvalue weighted by atomic mass is 127. The normalized spacial score (nSPS) is 10.3. The Labute approximate surface area is 112 Å². The molecule has 0 saturated heterocycles. The zero-order valence-corrected chi connectivity index (χ0v) is 11.2. The van der Waals surface area contributed by atoms with Crippen LogP contribution in [-0.4, -0.2) is 9.97 Å². The van der Waals surface area contributed by atoms with Crippen molar-refractivity contribution >= 4 is 39.9 Å². The summed E-state index contributed by atoms with van der Waals surface area (Å²) in [6.07, 6.45) is 1.39. The molecule has 6 heteroatoms. The first-order chi connectivity index (χ1) is 8.08. The third-order valence-corrected chi connectivity index (χ3v) is 3.20. The van der Waals surface area contributed by atoms with E-state index in [1.54, 1.807) is 6.07 Å². The summed E-state index contributed by atoms with van der Waals surface area (Å²) in [5, 5.41) is 3.10. The Balaban J connectivity index is 2.35. The maximum atomic E-state index is 13.0. The van der Waals surface area contributed by atoms with E-state index in [1.165, 1.54) is 18.5 Å². The molecule has 17 heavy (non-hydrogen) atoms. The smallest absolute Gasteiger partial charge is 0.138 e. The Kier molecular flexibility index (Phi) is 3.41. The second-order valence-corrected chi connectivity index (χ2v) is 4.64. The number of anilines is 3. The second-order valence-electron chi connectivity index (χ2n) is 3.48. The van der Waals surface area contributed by atoms with Gasteiger partial charge in [0.15, 0.2) is 0 Å². The van der Waals surface area contributed by atoms with E-state index in [2.05, 4.69) is 37.9 Å². The Morgan fingerprint density at radius 2 is 2.12 bits per heavy atom. The summed E-state index contributed by atoms with van der Waals surface area (Å²) >= 11 is 2.06. The van der Waals surface area contributed by atoms with Gasteiger partial charge in [0.1, 0.15) is 23.8 Å². The van der Waals surface area contributed by atoms with Gasteiger partial charge >= 0.3 is 0 Å². The van der Waals surface area contributed by atoms with Crippen molar-refractivity contribution in [3.63, 3.8) is 0 Å². The number of nitrogens with zero attached hydrogens (tertiary/aromatic N) is 2. The number of aromatic nitrogens is 2. The summed E-state index contributed by atoms with van der Waals surface area (Å²) in [7, 11) is 0. The van der Waals surface area contributed by atoms with Gasteiger partial charge in [0.2, 0.25) is 0 Å². The molecular formula is C11H10FIN4. The van der Waals surface area contributed by atoms with Gasteiger partial charge in [-0.2, -0.15) is 0 Å². The fraction of sp³-hybridized carbons (Fsp3) is 0.0909. The predicted octanol–water partition coefficient (Wildman–Crippen LogP) is 2.85. The number of nitrogens with one attached hydrogen (secondary N) is 1. The molecule has 4 nitrogen and oxygen atoms in total. The molecule has 0 bridgehead atoms. The highest BCUT2D eigenvalue weighted by molar-refractivity contribution is 14.1. The van der Waals surface area contributed by atoms with Crippen molar-refractivity contribution in [2.24, 2.45) is 0 Å². The molecule has 0 atom stereocenters. The van der Waals surface area contributed by atoms with Crippen LogP contribution < -0.4 is 11.1 Å². The zero-order chi connectivity index (χ0) is 12.4. The van der Waals surface area contributed by atoms with Crippen LogP contribution in [0.25, 0.3) is 0 Å². The summed E-state index contributed by atoms with van der Waals surface area (Å²) in [6.45, 7) is 1.83. The number of hydrogen-bond donors (Lipinski definition) is 2. The molecule has 1 aromatic heterocycles. The molecule has 1 aromatic carbocycles. The first kappa shape index (κ1) is 12.0. The summed E-state index contributed by atoms with van der Waals surface area (Å²) in [5.41, 5.74) is 7.24. The predicted molar refractivity (Wildman–Crippen MR) is 73.6 cm³/mol. The molecule has 0 radical (unpaired) electrons. The maximum absolute atomic E-state index is 13.0. The van der Waals surface area contributed by atoms with Crippen LogP contribution in [0.15, 0.2) is 24.5 Å². The van der Waals surface area contributed by atoms with Crippen molar-refractivity contribution in [3.05, 3.63) is 39.5 Å². The molecule has 3 N–H and O–H groups in total. The van der Waals surface area contributed by atoms with E-state index in [0.717, 1.165) is 14.8 Å². The highest BCUT2D eigenvalue weighted by Gasteiger charge is 2.07. The van der Waals surface area contributed by atoms with Gasteiger partial charge in [-0.25, -0.2) is 14.4 Å². The molecule has 0 amide bonds. The van der Waals surface area contributed by atoms with Crippen LogP contribution in [0.1, 0.15) is 5.56 Å².